The molecule has 0 aliphatic heterocycles. The zero-order valence-corrected chi connectivity index (χ0v) is 15.8. The minimum atomic E-state index is -0.999. The van der Waals surface area contributed by atoms with Crippen molar-refractivity contribution in [3.8, 4) is 0 Å². The summed E-state index contributed by atoms with van der Waals surface area (Å²) in [6, 6.07) is 12.5. The molecule has 1 aromatic heterocycles. The van der Waals surface area contributed by atoms with E-state index < -0.39 is 5.97 Å². The summed E-state index contributed by atoms with van der Waals surface area (Å²) in [5, 5.41) is 12.9. The van der Waals surface area contributed by atoms with E-state index in [9.17, 15) is 18.7 Å². The van der Waals surface area contributed by atoms with E-state index in [0.717, 1.165) is 16.8 Å². The monoisotopic (exact) mass is 384 g/mol. The smallest absolute Gasteiger partial charge is 0.337 e. The number of rotatable bonds is 7. The molecule has 3 rings (SSSR count). The highest BCUT2D eigenvalue weighted by Crippen LogP contribution is 2.24. The lowest BCUT2D eigenvalue weighted by atomic mass is 10.1. The minimum Gasteiger partial charge on any atom is -0.478 e. The Morgan fingerprint density at radius 1 is 0.964 bits per heavy atom. The van der Waals surface area contributed by atoms with E-state index in [0.29, 0.717) is 30.9 Å². The highest BCUT2D eigenvalue weighted by Gasteiger charge is 2.22. The van der Waals surface area contributed by atoms with Gasteiger partial charge in [0.15, 0.2) is 0 Å². The Balaban J connectivity index is 1.84. The van der Waals surface area contributed by atoms with Gasteiger partial charge in [0.1, 0.15) is 11.6 Å². The molecule has 1 heterocycles. The quantitative estimate of drug-likeness (QED) is 0.634. The van der Waals surface area contributed by atoms with E-state index >= 15 is 0 Å². The van der Waals surface area contributed by atoms with Crippen LogP contribution < -0.4 is 5.32 Å². The number of hydrogen-bond donors (Lipinski definition) is 2. The SMILES string of the molecule is Cc1c(CNCc2cccc(F)c2)c(C(=O)O)c(C)n1Cc1cccc(F)c1. The van der Waals surface area contributed by atoms with E-state index in [2.05, 4.69) is 5.32 Å². The maximum absolute atomic E-state index is 13.5. The van der Waals surface area contributed by atoms with Crippen LogP contribution in [0.3, 0.4) is 0 Å². The second kappa shape index (κ2) is 8.35. The summed E-state index contributed by atoms with van der Waals surface area (Å²) in [7, 11) is 0. The number of aromatic nitrogens is 1. The van der Waals surface area contributed by atoms with Gasteiger partial charge in [0.2, 0.25) is 0 Å². The van der Waals surface area contributed by atoms with Crippen LogP contribution in [0.25, 0.3) is 0 Å². The fourth-order valence-electron chi connectivity index (χ4n) is 3.48. The molecule has 2 aromatic carbocycles. The number of nitrogens with one attached hydrogen (secondary N) is 1. The molecule has 0 radical (unpaired) electrons. The molecule has 28 heavy (non-hydrogen) atoms. The Hall–Kier alpha value is -2.99. The third-order valence-electron chi connectivity index (χ3n) is 4.87. The number of carboxylic acids is 1. The Labute approximate surface area is 162 Å². The predicted octanol–water partition coefficient (Wildman–Crippen LogP) is 4.42. The maximum Gasteiger partial charge on any atom is 0.337 e. The molecule has 0 bridgehead atoms. The van der Waals surface area contributed by atoms with E-state index in [4.69, 9.17) is 0 Å². The van der Waals surface area contributed by atoms with Crippen molar-refractivity contribution in [2.24, 2.45) is 0 Å². The molecule has 3 aromatic rings. The number of carbonyl (C=O) groups is 1. The van der Waals surface area contributed by atoms with Gasteiger partial charge < -0.3 is 15.0 Å². The van der Waals surface area contributed by atoms with Crippen molar-refractivity contribution in [3.63, 3.8) is 0 Å². The van der Waals surface area contributed by atoms with Gasteiger partial charge in [-0.25, -0.2) is 13.6 Å². The van der Waals surface area contributed by atoms with Crippen molar-refractivity contribution in [2.75, 3.05) is 0 Å². The topological polar surface area (TPSA) is 54.3 Å². The molecule has 4 nitrogen and oxygen atoms in total. The Morgan fingerprint density at radius 3 is 2.18 bits per heavy atom. The van der Waals surface area contributed by atoms with Crippen LogP contribution in [-0.2, 0) is 19.6 Å². The van der Waals surface area contributed by atoms with Gasteiger partial charge in [0.25, 0.3) is 0 Å². The van der Waals surface area contributed by atoms with Crippen LogP contribution in [0.2, 0.25) is 0 Å². The molecule has 0 aliphatic carbocycles. The van der Waals surface area contributed by atoms with Gasteiger partial charge in [0.05, 0.1) is 5.56 Å². The van der Waals surface area contributed by atoms with Crippen molar-refractivity contribution in [3.05, 3.63) is 93.8 Å². The van der Waals surface area contributed by atoms with Gasteiger partial charge in [-0.1, -0.05) is 24.3 Å². The maximum atomic E-state index is 13.5. The van der Waals surface area contributed by atoms with Gasteiger partial charge in [-0.2, -0.15) is 0 Å². The summed E-state index contributed by atoms with van der Waals surface area (Å²) < 4.78 is 28.7. The fraction of sp³-hybridized carbons (Fsp3) is 0.227. The second-order valence-electron chi connectivity index (χ2n) is 6.78. The summed E-state index contributed by atoms with van der Waals surface area (Å²) in [5.41, 5.74) is 3.91. The van der Waals surface area contributed by atoms with Crippen LogP contribution in [0.1, 0.15) is 38.4 Å². The van der Waals surface area contributed by atoms with Crippen molar-refractivity contribution < 1.29 is 18.7 Å². The molecule has 6 heteroatoms. The first-order valence-corrected chi connectivity index (χ1v) is 8.98. The van der Waals surface area contributed by atoms with Gasteiger partial charge in [-0.05, 0) is 49.2 Å². The fourth-order valence-corrected chi connectivity index (χ4v) is 3.48. The molecule has 0 fully saturated rings. The Bertz CT molecular complexity index is 1010. The highest BCUT2D eigenvalue weighted by atomic mass is 19.1. The number of hydrogen-bond acceptors (Lipinski definition) is 2. The minimum absolute atomic E-state index is 0.251. The molecular weight excluding hydrogens is 362 g/mol. The van der Waals surface area contributed by atoms with Crippen LogP contribution in [0.15, 0.2) is 48.5 Å². The first-order chi connectivity index (χ1) is 13.4. The molecule has 2 N–H and O–H groups in total. The second-order valence-corrected chi connectivity index (χ2v) is 6.78. The molecule has 0 aliphatic rings. The third-order valence-corrected chi connectivity index (χ3v) is 4.87. The Kier molecular flexibility index (Phi) is 5.90. The lowest BCUT2D eigenvalue weighted by Crippen LogP contribution is -2.15. The number of carboxylic acid groups (broad SMARTS) is 1. The predicted molar refractivity (Wildman–Crippen MR) is 103 cm³/mol. The van der Waals surface area contributed by atoms with Crippen molar-refractivity contribution in [2.45, 2.75) is 33.5 Å². The van der Waals surface area contributed by atoms with E-state index in [1.807, 2.05) is 17.6 Å². The lowest BCUT2D eigenvalue weighted by molar-refractivity contribution is 0.0694. The molecule has 0 unspecified atom stereocenters. The van der Waals surface area contributed by atoms with Gasteiger partial charge in [-0.15, -0.1) is 0 Å². The zero-order valence-electron chi connectivity index (χ0n) is 15.8. The van der Waals surface area contributed by atoms with Crippen LogP contribution in [0.4, 0.5) is 8.78 Å². The van der Waals surface area contributed by atoms with Crippen LogP contribution in [-0.4, -0.2) is 15.6 Å². The molecule has 146 valence electrons. The van der Waals surface area contributed by atoms with Crippen LogP contribution >= 0.6 is 0 Å². The molecule has 0 saturated carbocycles. The average molecular weight is 384 g/mol. The number of halogens is 2. The first kappa shape index (κ1) is 19.8. The third kappa shape index (κ3) is 4.28. The summed E-state index contributed by atoms with van der Waals surface area (Å²) in [5.74, 6) is -1.63. The lowest BCUT2D eigenvalue weighted by Gasteiger charge is -2.10. The van der Waals surface area contributed by atoms with Crippen molar-refractivity contribution >= 4 is 5.97 Å². The van der Waals surface area contributed by atoms with Crippen molar-refractivity contribution in [1.82, 2.24) is 9.88 Å². The largest absolute Gasteiger partial charge is 0.478 e. The summed E-state index contributed by atoms with van der Waals surface area (Å²) >= 11 is 0. The summed E-state index contributed by atoms with van der Waals surface area (Å²) in [4.78, 5) is 11.8. The first-order valence-electron chi connectivity index (χ1n) is 8.98. The molecular formula is C22H22F2N2O2. The van der Waals surface area contributed by atoms with Gasteiger partial charge in [0, 0.05) is 36.6 Å². The summed E-state index contributed by atoms with van der Waals surface area (Å²) in [6.07, 6.45) is 0. The highest BCUT2D eigenvalue weighted by molar-refractivity contribution is 5.91. The van der Waals surface area contributed by atoms with E-state index in [1.165, 1.54) is 24.3 Å². The van der Waals surface area contributed by atoms with E-state index in [-0.39, 0.29) is 17.2 Å². The summed E-state index contributed by atoms with van der Waals surface area (Å²) in [6.45, 7) is 4.76. The molecule has 0 spiro atoms. The van der Waals surface area contributed by atoms with Crippen LogP contribution in [0.5, 0.6) is 0 Å². The average Bonchev–Trinajstić information content (AvgIpc) is 2.86. The Morgan fingerprint density at radius 2 is 1.57 bits per heavy atom. The molecule has 0 atom stereocenters. The number of benzene rings is 2. The number of nitrogens with zero attached hydrogens (tertiary/aromatic N) is 1. The molecule has 0 amide bonds. The standard InChI is InChI=1S/C22H22F2N2O2/c1-14-20(12-25-11-16-5-3-7-18(23)9-16)21(22(27)28)15(2)26(14)13-17-6-4-8-19(24)10-17/h3-10,25H,11-13H2,1-2H3,(H,27,28). The van der Waals surface area contributed by atoms with Gasteiger partial charge >= 0.3 is 5.97 Å². The van der Waals surface area contributed by atoms with Gasteiger partial charge in [-0.3, -0.25) is 0 Å². The number of aromatic carboxylic acids is 1. The normalized spacial score (nSPS) is 11.0. The van der Waals surface area contributed by atoms with E-state index in [1.54, 1.807) is 25.1 Å². The molecule has 0 saturated heterocycles. The zero-order chi connectivity index (χ0) is 20.3. The van der Waals surface area contributed by atoms with Crippen molar-refractivity contribution in [1.29, 1.82) is 0 Å². The van der Waals surface area contributed by atoms with Crippen LogP contribution in [0, 0.1) is 25.5 Å².